The molecule has 1 amide bonds. The largest absolute Gasteiger partial charge is 0.416 e. The molecule has 8 heteroatoms. The average Bonchev–Trinajstić information content (AvgIpc) is 3.05. The maximum atomic E-state index is 13.2. The normalized spacial score (nSPS) is 12.0. The molecule has 0 N–H and O–H groups in total. The Morgan fingerprint density at radius 3 is 2.48 bits per heavy atom. The van der Waals surface area contributed by atoms with E-state index in [-0.39, 0.29) is 5.56 Å². The molecule has 3 aromatic rings. The number of anilines is 1. The second-order valence-corrected chi connectivity index (χ2v) is 8.24. The molecule has 2 aromatic carbocycles. The van der Waals surface area contributed by atoms with Gasteiger partial charge >= 0.3 is 6.18 Å². The number of benzene rings is 2. The van der Waals surface area contributed by atoms with Crippen molar-refractivity contribution >= 4 is 32.6 Å². The predicted octanol–water partition coefficient (Wildman–Crippen LogP) is 5.14. The second kappa shape index (κ2) is 8.12. The van der Waals surface area contributed by atoms with Crippen molar-refractivity contribution in [1.29, 1.82) is 0 Å². The molecular weight excluding hydrogens is 399 g/mol. The van der Waals surface area contributed by atoms with Crippen molar-refractivity contribution in [1.82, 2.24) is 9.88 Å². The lowest BCUT2D eigenvalue weighted by atomic mass is 10.1. The summed E-state index contributed by atoms with van der Waals surface area (Å²) in [4.78, 5) is 21.2. The highest BCUT2D eigenvalue weighted by Gasteiger charge is 2.31. The molecule has 29 heavy (non-hydrogen) atoms. The molecule has 0 saturated heterocycles. The van der Waals surface area contributed by atoms with E-state index in [4.69, 9.17) is 0 Å². The number of carbonyl (C=O) groups is 1. The molecule has 3 rings (SSSR count). The standard InChI is InChI=1S/C21H22F3N3OS/c1-13-10-14(2)18-17(11-13)25-20(29-18)27(9-8-26(3)4)19(28)15-6-5-7-16(12-15)21(22,23)24/h5-7,10-12H,8-9H2,1-4H3. The summed E-state index contributed by atoms with van der Waals surface area (Å²) >= 11 is 1.38. The zero-order valence-corrected chi connectivity index (χ0v) is 17.5. The average molecular weight is 421 g/mol. The summed E-state index contributed by atoms with van der Waals surface area (Å²) < 4.78 is 40.2. The molecule has 0 unspecified atom stereocenters. The summed E-state index contributed by atoms with van der Waals surface area (Å²) in [5.41, 5.74) is 2.06. The molecule has 1 heterocycles. The van der Waals surface area contributed by atoms with Gasteiger partial charge < -0.3 is 4.90 Å². The van der Waals surface area contributed by atoms with E-state index < -0.39 is 17.6 Å². The third-order valence-corrected chi connectivity index (χ3v) is 5.72. The van der Waals surface area contributed by atoms with E-state index in [1.165, 1.54) is 28.4 Å². The topological polar surface area (TPSA) is 36.4 Å². The van der Waals surface area contributed by atoms with E-state index in [2.05, 4.69) is 4.98 Å². The Hall–Kier alpha value is -2.45. The van der Waals surface area contributed by atoms with Crippen LogP contribution in [0.4, 0.5) is 18.3 Å². The highest BCUT2D eigenvalue weighted by Crippen LogP contribution is 2.34. The first kappa shape index (κ1) is 21.3. The van der Waals surface area contributed by atoms with Gasteiger partial charge in [-0.3, -0.25) is 9.69 Å². The fourth-order valence-corrected chi connectivity index (χ4v) is 4.09. The molecule has 1 aromatic heterocycles. The van der Waals surface area contributed by atoms with Crippen molar-refractivity contribution in [3.8, 4) is 0 Å². The lowest BCUT2D eigenvalue weighted by molar-refractivity contribution is -0.137. The van der Waals surface area contributed by atoms with E-state index in [0.717, 1.165) is 33.5 Å². The predicted molar refractivity (Wildman–Crippen MR) is 111 cm³/mol. The molecule has 0 radical (unpaired) electrons. The Labute approximate surface area is 171 Å². The van der Waals surface area contributed by atoms with Crippen LogP contribution in [0, 0.1) is 13.8 Å². The lowest BCUT2D eigenvalue weighted by Crippen LogP contribution is -2.36. The van der Waals surface area contributed by atoms with Gasteiger partial charge in [0.25, 0.3) is 5.91 Å². The maximum Gasteiger partial charge on any atom is 0.416 e. The fourth-order valence-electron chi connectivity index (χ4n) is 3.05. The van der Waals surface area contributed by atoms with E-state index >= 15 is 0 Å². The molecule has 154 valence electrons. The van der Waals surface area contributed by atoms with Crippen LogP contribution in [0.25, 0.3) is 10.2 Å². The monoisotopic (exact) mass is 421 g/mol. The SMILES string of the molecule is Cc1cc(C)c2sc(N(CCN(C)C)C(=O)c3cccc(C(F)(F)F)c3)nc2c1. The van der Waals surface area contributed by atoms with Crippen LogP contribution < -0.4 is 4.90 Å². The van der Waals surface area contributed by atoms with Gasteiger partial charge in [0.1, 0.15) is 0 Å². The van der Waals surface area contributed by atoms with Crippen molar-refractivity contribution in [2.75, 3.05) is 32.1 Å². The minimum atomic E-state index is -4.50. The summed E-state index contributed by atoms with van der Waals surface area (Å²) in [7, 11) is 3.75. The Morgan fingerprint density at radius 1 is 1.10 bits per heavy atom. The van der Waals surface area contributed by atoms with Crippen molar-refractivity contribution in [2.45, 2.75) is 20.0 Å². The first-order chi connectivity index (χ1) is 13.6. The number of rotatable bonds is 5. The molecule has 0 aliphatic heterocycles. The fraction of sp³-hybridized carbons (Fsp3) is 0.333. The molecule has 0 aliphatic carbocycles. The number of nitrogens with zero attached hydrogens (tertiary/aromatic N) is 3. The quantitative estimate of drug-likeness (QED) is 0.572. The summed E-state index contributed by atoms with van der Waals surface area (Å²) in [5, 5.41) is 0.484. The van der Waals surface area contributed by atoms with Crippen LogP contribution in [-0.2, 0) is 6.18 Å². The smallest absolute Gasteiger partial charge is 0.308 e. The minimum absolute atomic E-state index is 0.00857. The zero-order chi connectivity index (χ0) is 21.3. The molecule has 0 atom stereocenters. The summed E-state index contributed by atoms with van der Waals surface area (Å²) in [5.74, 6) is -0.494. The van der Waals surface area contributed by atoms with Gasteiger partial charge in [-0.1, -0.05) is 23.5 Å². The zero-order valence-electron chi connectivity index (χ0n) is 16.7. The number of aromatic nitrogens is 1. The Balaban J connectivity index is 2.04. The van der Waals surface area contributed by atoms with Crippen molar-refractivity contribution in [3.05, 3.63) is 58.7 Å². The highest BCUT2D eigenvalue weighted by molar-refractivity contribution is 7.22. The minimum Gasteiger partial charge on any atom is -0.308 e. The summed E-state index contributed by atoms with van der Waals surface area (Å²) in [6.07, 6.45) is -4.50. The first-order valence-electron chi connectivity index (χ1n) is 9.08. The van der Waals surface area contributed by atoms with E-state index in [1.54, 1.807) is 0 Å². The number of aryl methyl sites for hydroxylation is 2. The number of fused-ring (bicyclic) bond motifs is 1. The Morgan fingerprint density at radius 2 is 1.83 bits per heavy atom. The van der Waals surface area contributed by atoms with Gasteiger partial charge in [0.05, 0.1) is 15.8 Å². The van der Waals surface area contributed by atoms with Crippen LogP contribution in [0.15, 0.2) is 36.4 Å². The summed E-state index contributed by atoms with van der Waals surface area (Å²) in [6.45, 7) is 4.83. The summed E-state index contributed by atoms with van der Waals surface area (Å²) in [6, 6.07) is 8.51. The van der Waals surface area contributed by atoms with Gasteiger partial charge in [-0.2, -0.15) is 13.2 Å². The number of halogens is 3. The molecular formula is C21H22F3N3OS. The molecule has 4 nitrogen and oxygen atoms in total. The van der Waals surface area contributed by atoms with E-state index in [0.29, 0.717) is 18.2 Å². The van der Waals surface area contributed by atoms with Crippen molar-refractivity contribution < 1.29 is 18.0 Å². The third kappa shape index (κ3) is 4.76. The van der Waals surface area contributed by atoms with E-state index in [9.17, 15) is 18.0 Å². The first-order valence-corrected chi connectivity index (χ1v) is 9.89. The number of hydrogen-bond donors (Lipinski definition) is 0. The van der Waals surface area contributed by atoms with Crippen molar-refractivity contribution in [2.24, 2.45) is 0 Å². The number of hydrogen-bond acceptors (Lipinski definition) is 4. The van der Waals surface area contributed by atoms with Crippen LogP contribution in [0.1, 0.15) is 27.0 Å². The van der Waals surface area contributed by atoms with E-state index in [1.807, 2.05) is 45.0 Å². The highest BCUT2D eigenvalue weighted by atomic mass is 32.1. The molecule has 0 saturated carbocycles. The van der Waals surface area contributed by atoms with Gasteiger partial charge in [-0.25, -0.2) is 4.98 Å². The Kier molecular flexibility index (Phi) is 5.95. The van der Waals surface area contributed by atoms with Gasteiger partial charge in [-0.05, 0) is 63.3 Å². The molecule has 0 bridgehead atoms. The number of thiazole rings is 1. The van der Waals surface area contributed by atoms with Crippen LogP contribution in [0.2, 0.25) is 0 Å². The number of likely N-dealkylation sites (N-methyl/N-ethyl adjacent to an activating group) is 1. The van der Waals surface area contributed by atoms with Gasteiger partial charge in [0.15, 0.2) is 5.13 Å². The van der Waals surface area contributed by atoms with Crippen LogP contribution in [0.3, 0.4) is 0 Å². The molecule has 0 spiro atoms. The molecule has 0 fully saturated rings. The maximum absolute atomic E-state index is 13.2. The van der Waals surface area contributed by atoms with Crippen molar-refractivity contribution in [3.63, 3.8) is 0 Å². The van der Waals surface area contributed by atoms with Crippen LogP contribution >= 0.6 is 11.3 Å². The van der Waals surface area contributed by atoms with Crippen LogP contribution in [0.5, 0.6) is 0 Å². The van der Waals surface area contributed by atoms with Crippen LogP contribution in [-0.4, -0.2) is 43.0 Å². The number of alkyl halides is 3. The van der Waals surface area contributed by atoms with Gasteiger partial charge in [0, 0.05) is 18.7 Å². The van der Waals surface area contributed by atoms with Gasteiger partial charge in [-0.15, -0.1) is 0 Å². The third-order valence-electron chi connectivity index (χ3n) is 4.49. The lowest BCUT2D eigenvalue weighted by Gasteiger charge is -2.22. The Bertz CT molecular complexity index is 1040. The second-order valence-electron chi connectivity index (χ2n) is 7.27. The molecule has 0 aliphatic rings. The number of carbonyl (C=O) groups excluding carboxylic acids is 1. The number of amides is 1. The van der Waals surface area contributed by atoms with Gasteiger partial charge in [0.2, 0.25) is 0 Å².